The van der Waals surface area contributed by atoms with E-state index < -0.39 is 0 Å². The number of nitrogens with zero attached hydrogens (tertiary/aromatic N) is 1. The second-order valence-corrected chi connectivity index (χ2v) is 6.79. The molecule has 0 fully saturated rings. The molecule has 4 rings (SSSR count). The van der Waals surface area contributed by atoms with E-state index in [4.69, 9.17) is 0 Å². The van der Waals surface area contributed by atoms with Crippen molar-refractivity contribution in [1.29, 1.82) is 0 Å². The lowest BCUT2D eigenvalue weighted by atomic mass is 10.1. The van der Waals surface area contributed by atoms with Crippen LogP contribution in [-0.4, -0.2) is 12.4 Å². The Balaban J connectivity index is 1.32. The molecular weight excluding hydrogens is 332 g/mol. The van der Waals surface area contributed by atoms with Crippen molar-refractivity contribution in [3.63, 3.8) is 0 Å². The highest BCUT2D eigenvalue weighted by Crippen LogP contribution is 2.24. The monoisotopic (exact) mass is 356 g/mol. The van der Waals surface area contributed by atoms with Gasteiger partial charge < -0.3 is 16.0 Å². The molecular formula is C23H24N4. The molecule has 0 radical (unpaired) electrons. The molecule has 1 atom stereocenters. The van der Waals surface area contributed by atoms with E-state index >= 15 is 0 Å². The first-order valence-corrected chi connectivity index (χ1v) is 9.31. The largest absolute Gasteiger partial charge is 0.381 e. The van der Waals surface area contributed by atoms with Crippen LogP contribution in [0.25, 0.3) is 0 Å². The molecule has 4 nitrogen and oxygen atoms in total. The fraction of sp³-hybridized carbons (Fsp3) is 0.174. The quantitative estimate of drug-likeness (QED) is 0.576. The second kappa shape index (κ2) is 7.96. The van der Waals surface area contributed by atoms with E-state index in [1.807, 2.05) is 19.2 Å². The Morgan fingerprint density at radius 3 is 2.26 bits per heavy atom. The normalized spacial score (nSPS) is 14.9. The zero-order valence-corrected chi connectivity index (χ0v) is 15.4. The van der Waals surface area contributed by atoms with E-state index in [0.717, 1.165) is 35.7 Å². The maximum absolute atomic E-state index is 4.37. The Morgan fingerprint density at radius 2 is 1.48 bits per heavy atom. The van der Waals surface area contributed by atoms with Crippen LogP contribution in [0.5, 0.6) is 0 Å². The minimum Gasteiger partial charge on any atom is -0.381 e. The van der Waals surface area contributed by atoms with Crippen molar-refractivity contribution in [3.05, 3.63) is 89.5 Å². The molecule has 4 heteroatoms. The SMILES string of the molecule is CC1N=Cc2ccc(NCc3ccc(NCc4ccccc4)cc3)cc2N1. The van der Waals surface area contributed by atoms with Gasteiger partial charge in [-0.05, 0) is 48.4 Å². The summed E-state index contributed by atoms with van der Waals surface area (Å²) in [6.45, 7) is 3.68. The molecule has 1 aliphatic rings. The molecule has 0 spiro atoms. The van der Waals surface area contributed by atoms with Crippen LogP contribution in [0.4, 0.5) is 17.1 Å². The Bertz CT molecular complexity index is 917. The molecule has 3 N–H and O–H groups in total. The maximum atomic E-state index is 4.37. The average molecular weight is 356 g/mol. The van der Waals surface area contributed by atoms with Gasteiger partial charge in [0.2, 0.25) is 0 Å². The predicted octanol–water partition coefficient (Wildman–Crippen LogP) is 5.10. The highest BCUT2D eigenvalue weighted by atomic mass is 15.1. The van der Waals surface area contributed by atoms with Crippen LogP contribution in [0.1, 0.15) is 23.6 Å². The summed E-state index contributed by atoms with van der Waals surface area (Å²) in [5.41, 5.74) is 7.03. The van der Waals surface area contributed by atoms with Gasteiger partial charge in [-0.25, -0.2) is 0 Å². The maximum Gasteiger partial charge on any atom is 0.115 e. The third kappa shape index (κ3) is 4.47. The number of benzene rings is 3. The molecule has 1 unspecified atom stereocenters. The van der Waals surface area contributed by atoms with E-state index in [1.165, 1.54) is 11.1 Å². The van der Waals surface area contributed by atoms with E-state index in [9.17, 15) is 0 Å². The van der Waals surface area contributed by atoms with Crippen LogP contribution in [0.3, 0.4) is 0 Å². The van der Waals surface area contributed by atoms with Crippen LogP contribution >= 0.6 is 0 Å². The van der Waals surface area contributed by atoms with Gasteiger partial charge in [0.15, 0.2) is 0 Å². The number of hydrogen-bond donors (Lipinski definition) is 3. The van der Waals surface area contributed by atoms with Gasteiger partial charge >= 0.3 is 0 Å². The van der Waals surface area contributed by atoms with Gasteiger partial charge in [0.25, 0.3) is 0 Å². The minimum absolute atomic E-state index is 0.128. The summed E-state index contributed by atoms with van der Waals surface area (Å²) in [6.07, 6.45) is 2.06. The Morgan fingerprint density at radius 1 is 0.815 bits per heavy atom. The molecule has 27 heavy (non-hydrogen) atoms. The summed E-state index contributed by atoms with van der Waals surface area (Å²) >= 11 is 0. The Labute approximate surface area is 160 Å². The van der Waals surface area contributed by atoms with Gasteiger partial charge in [0.1, 0.15) is 6.17 Å². The van der Waals surface area contributed by atoms with Crippen molar-refractivity contribution < 1.29 is 0 Å². The average Bonchev–Trinajstić information content (AvgIpc) is 2.72. The summed E-state index contributed by atoms with van der Waals surface area (Å²) in [7, 11) is 0. The van der Waals surface area contributed by atoms with E-state index in [0.29, 0.717) is 0 Å². The molecule has 0 saturated carbocycles. The lowest BCUT2D eigenvalue weighted by Crippen LogP contribution is -2.18. The summed E-state index contributed by atoms with van der Waals surface area (Å²) in [5, 5.41) is 10.3. The summed E-state index contributed by atoms with van der Waals surface area (Å²) in [5.74, 6) is 0. The first kappa shape index (κ1) is 17.2. The van der Waals surface area contributed by atoms with Crippen molar-refractivity contribution in [2.75, 3.05) is 16.0 Å². The van der Waals surface area contributed by atoms with E-state index in [2.05, 4.69) is 87.7 Å². The fourth-order valence-electron chi connectivity index (χ4n) is 3.10. The highest BCUT2D eigenvalue weighted by Gasteiger charge is 2.09. The van der Waals surface area contributed by atoms with Crippen molar-refractivity contribution in [2.24, 2.45) is 4.99 Å². The van der Waals surface area contributed by atoms with Crippen LogP contribution in [0.15, 0.2) is 77.8 Å². The van der Waals surface area contributed by atoms with Crippen molar-refractivity contribution in [1.82, 2.24) is 0 Å². The van der Waals surface area contributed by atoms with Gasteiger partial charge in [-0.15, -0.1) is 0 Å². The third-order valence-corrected chi connectivity index (χ3v) is 4.64. The van der Waals surface area contributed by atoms with Crippen LogP contribution in [0, 0.1) is 0 Å². The number of rotatable bonds is 6. The van der Waals surface area contributed by atoms with Gasteiger partial charge in [0, 0.05) is 41.9 Å². The predicted molar refractivity (Wildman–Crippen MR) is 115 cm³/mol. The fourth-order valence-corrected chi connectivity index (χ4v) is 3.10. The molecule has 3 aromatic rings. The van der Waals surface area contributed by atoms with Crippen LogP contribution in [0.2, 0.25) is 0 Å². The summed E-state index contributed by atoms with van der Waals surface area (Å²) in [6, 6.07) is 25.3. The van der Waals surface area contributed by atoms with E-state index in [-0.39, 0.29) is 6.17 Å². The first-order valence-electron chi connectivity index (χ1n) is 9.31. The Kier molecular flexibility index (Phi) is 5.06. The Hall–Kier alpha value is -3.27. The van der Waals surface area contributed by atoms with Crippen LogP contribution in [-0.2, 0) is 13.1 Å². The van der Waals surface area contributed by atoms with Crippen LogP contribution < -0.4 is 16.0 Å². The highest BCUT2D eigenvalue weighted by molar-refractivity contribution is 5.90. The summed E-state index contributed by atoms with van der Waals surface area (Å²) < 4.78 is 0. The molecule has 0 aliphatic carbocycles. The molecule has 0 amide bonds. The van der Waals surface area contributed by atoms with Crippen molar-refractivity contribution in [3.8, 4) is 0 Å². The van der Waals surface area contributed by atoms with Gasteiger partial charge in [0.05, 0.1) is 0 Å². The summed E-state index contributed by atoms with van der Waals surface area (Å²) in [4.78, 5) is 4.37. The number of hydrogen-bond acceptors (Lipinski definition) is 4. The molecule has 0 saturated heterocycles. The standard InChI is InChI=1S/C23H24N4/c1-17-24-16-20-9-12-22(13-23(20)27-17)26-15-19-7-10-21(11-8-19)25-14-18-5-3-2-4-6-18/h2-13,16-17,25-27H,14-15H2,1H3. The molecule has 0 bridgehead atoms. The number of aliphatic imine (C=N–C) groups is 1. The molecule has 136 valence electrons. The topological polar surface area (TPSA) is 48.5 Å². The number of anilines is 3. The molecule has 1 heterocycles. The van der Waals surface area contributed by atoms with E-state index in [1.54, 1.807) is 0 Å². The van der Waals surface area contributed by atoms with Crippen molar-refractivity contribution >= 4 is 23.3 Å². The third-order valence-electron chi connectivity index (χ3n) is 4.64. The first-order chi connectivity index (χ1) is 13.3. The number of fused-ring (bicyclic) bond motifs is 1. The molecule has 0 aromatic heterocycles. The second-order valence-electron chi connectivity index (χ2n) is 6.79. The minimum atomic E-state index is 0.128. The number of nitrogens with one attached hydrogen (secondary N) is 3. The van der Waals surface area contributed by atoms with Gasteiger partial charge in [-0.3, -0.25) is 4.99 Å². The lowest BCUT2D eigenvalue weighted by Gasteiger charge is -2.19. The van der Waals surface area contributed by atoms with Gasteiger partial charge in [-0.2, -0.15) is 0 Å². The smallest absolute Gasteiger partial charge is 0.115 e. The zero-order chi connectivity index (χ0) is 18.5. The van der Waals surface area contributed by atoms with Gasteiger partial charge in [-0.1, -0.05) is 42.5 Å². The van der Waals surface area contributed by atoms with Crippen molar-refractivity contribution in [2.45, 2.75) is 26.2 Å². The zero-order valence-electron chi connectivity index (χ0n) is 15.4. The molecule has 1 aliphatic heterocycles. The lowest BCUT2D eigenvalue weighted by molar-refractivity contribution is 0.849. The molecule has 3 aromatic carbocycles.